The first kappa shape index (κ1) is 13.9. The van der Waals surface area contributed by atoms with E-state index in [0.29, 0.717) is 15.6 Å². The summed E-state index contributed by atoms with van der Waals surface area (Å²) in [6.45, 7) is 0. The Labute approximate surface area is 128 Å². The Morgan fingerprint density at radius 1 is 1.06 bits per heavy atom. The van der Waals surface area contributed by atoms with Gasteiger partial charge in [0.25, 0.3) is 0 Å². The van der Waals surface area contributed by atoms with E-state index >= 15 is 0 Å². The third-order valence-electron chi connectivity index (χ3n) is 2.16. The molecule has 0 unspecified atom stereocenters. The summed E-state index contributed by atoms with van der Waals surface area (Å²) in [5, 5.41) is 1.16. The van der Waals surface area contributed by atoms with Crippen LogP contribution in [-0.4, -0.2) is 6.29 Å². The first-order chi connectivity index (χ1) is 8.58. The second-order valence-corrected chi connectivity index (χ2v) is 6.41. The number of carbonyl (C=O) groups excluding carboxylic acids is 1. The van der Waals surface area contributed by atoms with Crippen LogP contribution in [0.1, 0.15) is 10.4 Å². The molecule has 5 heteroatoms. The number of aldehydes is 1. The van der Waals surface area contributed by atoms with Crippen LogP contribution < -0.4 is 0 Å². The van der Waals surface area contributed by atoms with Crippen LogP contribution in [0, 0.1) is 0 Å². The Morgan fingerprint density at radius 3 is 2.33 bits per heavy atom. The van der Waals surface area contributed by atoms with Crippen LogP contribution >= 0.6 is 50.9 Å². The predicted molar refractivity (Wildman–Crippen MR) is 80.1 cm³/mol. The second kappa shape index (κ2) is 6.11. The van der Waals surface area contributed by atoms with Gasteiger partial charge in [0.1, 0.15) is 0 Å². The van der Waals surface area contributed by atoms with Crippen molar-refractivity contribution in [1.82, 2.24) is 0 Å². The molecule has 0 N–H and O–H groups in total. The van der Waals surface area contributed by atoms with E-state index in [1.54, 1.807) is 12.1 Å². The number of rotatable bonds is 3. The molecule has 0 amide bonds. The number of benzene rings is 2. The highest BCUT2D eigenvalue weighted by Gasteiger charge is 2.06. The molecule has 0 heterocycles. The fraction of sp³-hybridized carbons (Fsp3) is 0. The van der Waals surface area contributed by atoms with Gasteiger partial charge in [-0.05, 0) is 36.4 Å². The van der Waals surface area contributed by atoms with Gasteiger partial charge < -0.3 is 0 Å². The zero-order valence-corrected chi connectivity index (χ0v) is 12.9. The van der Waals surface area contributed by atoms with Crippen LogP contribution in [0.4, 0.5) is 0 Å². The molecular formula is C13H7BrCl2OS. The maximum Gasteiger partial charge on any atom is 0.151 e. The van der Waals surface area contributed by atoms with Crippen molar-refractivity contribution in [1.29, 1.82) is 0 Å². The van der Waals surface area contributed by atoms with E-state index in [-0.39, 0.29) is 0 Å². The van der Waals surface area contributed by atoms with Gasteiger partial charge in [-0.15, -0.1) is 0 Å². The Kier molecular flexibility index (Phi) is 4.73. The van der Waals surface area contributed by atoms with Gasteiger partial charge in [0, 0.05) is 29.9 Å². The molecule has 0 aromatic heterocycles. The highest BCUT2D eigenvalue weighted by atomic mass is 79.9. The Bertz CT molecular complexity index is 581. The molecular weight excluding hydrogens is 355 g/mol. The highest BCUT2D eigenvalue weighted by Crippen LogP contribution is 2.34. The smallest absolute Gasteiger partial charge is 0.151 e. The fourth-order valence-corrected chi connectivity index (χ4v) is 3.44. The number of carbonyl (C=O) groups is 1. The lowest BCUT2D eigenvalue weighted by atomic mass is 10.2. The van der Waals surface area contributed by atoms with Crippen molar-refractivity contribution in [2.75, 3.05) is 0 Å². The SMILES string of the molecule is O=Cc1cc(Br)ccc1Sc1cc(Cl)cc(Cl)c1. The van der Waals surface area contributed by atoms with Crippen LogP contribution in [0.3, 0.4) is 0 Å². The van der Waals surface area contributed by atoms with Crippen molar-refractivity contribution in [3.63, 3.8) is 0 Å². The summed E-state index contributed by atoms with van der Waals surface area (Å²) in [6, 6.07) is 10.9. The molecule has 0 aliphatic carbocycles. The molecule has 0 atom stereocenters. The zero-order chi connectivity index (χ0) is 13.1. The standard InChI is InChI=1S/C13H7BrCl2OS/c14-9-1-2-13(8(3-9)7-17)18-12-5-10(15)4-11(16)6-12/h1-7H. The summed E-state index contributed by atoms with van der Waals surface area (Å²) in [5.74, 6) is 0. The van der Waals surface area contributed by atoms with Gasteiger partial charge in [-0.1, -0.05) is 50.9 Å². The van der Waals surface area contributed by atoms with E-state index in [9.17, 15) is 4.79 Å². The lowest BCUT2D eigenvalue weighted by Gasteiger charge is -2.06. The molecule has 0 saturated carbocycles. The van der Waals surface area contributed by atoms with Crippen molar-refractivity contribution in [3.05, 3.63) is 56.5 Å². The summed E-state index contributed by atoms with van der Waals surface area (Å²) in [4.78, 5) is 12.8. The molecule has 0 fully saturated rings. The van der Waals surface area contributed by atoms with Gasteiger partial charge in [0.05, 0.1) is 0 Å². The number of hydrogen-bond acceptors (Lipinski definition) is 2. The topological polar surface area (TPSA) is 17.1 Å². The van der Waals surface area contributed by atoms with Crippen LogP contribution in [0.2, 0.25) is 10.0 Å². The van der Waals surface area contributed by atoms with Crippen LogP contribution in [0.5, 0.6) is 0 Å². The van der Waals surface area contributed by atoms with Crippen LogP contribution in [-0.2, 0) is 0 Å². The van der Waals surface area contributed by atoms with Gasteiger partial charge in [-0.25, -0.2) is 0 Å². The Balaban J connectivity index is 2.36. The highest BCUT2D eigenvalue weighted by molar-refractivity contribution is 9.10. The molecule has 0 aliphatic heterocycles. The maximum absolute atomic E-state index is 11.0. The summed E-state index contributed by atoms with van der Waals surface area (Å²) in [7, 11) is 0. The molecule has 18 heavy (non-hydrogen) atoms. The molecule has 0 saturated heterocycles. The summed E-state index contributed by atoms with van der Waals surface area (Å²) >= 11 is 16.7. The molecule has 2 aromatic carbocycles. The molecule has 0 aliphatic rings. The third-order valence-corrected chi connectivity index (χ3v) is 4.16. The Morgan fingerprint density at radius 2 is 1.72 bits per heavy atom. The van der Waals surface area contributed by atoms with Gasteiger partial charge in [-0.2, -0.15) is 0 Å². The minimum Gasteiger partial charge on any atom is -0.298 e. The van der Waals surface area contributed by atoms with Crippen molar-refractivity contribution >= 4 is 57.2 Å². The minimum atomic E-state index is 0.578. The Hall–Kier alpha value is -0.480. The van der Waals surface area contributed by atoms with E-state index in [0.717, 1.165) is 20.5 Å². The first-order valence-electron chi connectivity index (χ1n) is 4.97. The monoisotopic (exact) mass is 360 g/mol. The van der Waals surface area contributed by atoms with Gasteiger partial charge in [-0.3, -0.25) is 4.79 Å². The van der Waals surface area contributed by atoms with Crippen LogP contribution in [0.25, 0.3) is 0 Å². The van der Waals surface area contributed by atoms with Crippen molar-refractivity contribution in [3.8, 4) is 0 Å². The average molecular weight is 362 g/mol. The van der Waals surface area contributed by atoms with E-state index in [4.69, 9.17) is 23.2 Å². The molecule has 0 spiro atoms. The molecule has 2 rings (SSSR count). The lowest BCUT2D eigenvalue weighted by Crippen LogP contribution is -1.85. The molecule has 92 valence electrons. The lowest BCUT2D eigenvalue weighted by molar-refractivity contribution is 0.112. The molecule has 0 bridgehead atoms. The van der Waals surface area contributed by atoms with E-state index in [1.807, 2.05) is 24.3 Å². The van der Waals surface area contributed by atoms with Gasteiger partial charge in [0.2, 0.25) is 0 Å². The maximum atomic E-state index is 11.0. The molecule has 1 nitrogen and oxygen atoms in total. The van der Waals surface area contributed by atoms with E-state index < -0.39 is 0 Å². The normalized spacial score (nSPS) is 10.4. The second-order valence-electron chi connectivity index (χ2n) is 3.51. The first-order valence-corrected chi connectivity index (χ1v) is 7.34. The quantitative estimate of drug-likeness (QED) is 0.650. The number of halogens is 3. The molecule has 2 aromatic rings. The van der Waals surface area contributed by atoms with Gasteiger partial charge in [0.15, 0.2) is 6.29 Å². The minimum absolute atomic E-state index is 0.578. The predicted octanol–water partition coefficient (Wildman–Crippen LogP) is 5.72. The fourth-order valence-electron chi connectivity index (χ4n) is 1.42. The largest absolute Gasteiger partial charge is 0.298 e. The van der Waals surface area contributed by atoms with E-state index in [1.165, 1.54) is 11.8 Å². The summed E-state index contributed by atoms with van der Waals surface area (Å²) in [5.41, 5.74) is 0.630. The zero-order valence-electron chi connectivity index (χ0n) is 8.99. The van der Waals surface area contributed by atoms with E-state index in [2.05, 4.69) is 15.9 Å². The molecule has 0 radical (unpaired) electrons. The summed E-state index contributed by atoms with van der Waals surface area (Å²) < 4.78 is 0.873. The van der Waals surface area contributed by atoms with Crippen molar-refractivity contribution in [2.24, 2.45) is 0 Å². The number of hydrogen-bond donors (Lipinski definition) is 0. The summed E-state index contributed by atoms with van der Waals surface area (Å²) in [6.07, 6.45) is 0.833. The van der Waals surface area contributed by atoms with Crippen LogP contribution in [0.15, 0.2) is 50.7 Å². The third kappa shape index (κ3) is 3.51. The van der Waals surface area contributed by atoms with Crippen molar-refractivity contribution < 1.29 is 4.79 Å². The average Bonchev–Trinajstić information content (AvgIpc) is 2.30. The van der Waals surface area contributed by atoms with Gasteiger partial charge >= 0.3 is 0 Å². The van der Waals surface area contributed by atoms with Crippen molar-refractivity contribution in [2.45, 2.75) is 9.79 Å².